The minimum absolute atomic E-state index is 0.0942. The van der Waals surface area contributed by atoms with E-state index in [2.05, 4.69) is 10.1 Å². The van der Waals surface area contributed by atoms with E-state index in [9.17, 15) is 0 Å². The fourth-order valence-electron chi connectivity index (χ4n) is 1.28. The molecule has 0 fully saturated rings. The first-order valence-corrected chi connectivity index (χ1v) is 5.38. The van der Waals surface area contributed by atoms with Crippen molar-refractivity contribution in [1.29, 1.82) is 0 Å². The predicted octanol–water partition coefficient (Wildman–Crippen LogP) is 2.45. The zero-order valence-corrected chi connectivity index (χ0v) is 9.61. The van der Waals surface area contributed by atoms with Gasteiger partial charge >= 0.3 is 0 Å². The third-order valence-electron chi connectivity index (χ3n) is 2.31. The van der Waals surface area contributed by atoms with E-state index in [-0.39, 0.29) is 5.92 Å². The molecule has 0 spiro atoms. The zero-order chi connectivity index (χ0) is 11.5. The Balaban J connectivity index is 2.31. The predicted molar refractivity (Wildman–Crippen MR) is 62.2 cm³/mol. The zero-order valence-electron chi connectivity index (χ0n) is 8.85. The van der Waals surface area contributed by atoms with Gasteiger partial charge in [-0.3, -0.25) is 0 Å². The highest BCUT2D eigenvalue weighted by Crippen LogP contribution is 2.22. The molecule has 0 aliphatic carbocycles. The topological polar surface area (TPSA) is 64.9 Å². The number of rotatable bonds is 3. The maximum absolute atomic E-state index is 5.88. The second kappa shape index (κ2) is 4.63. The molecule has 5 heteroatoms. The maximum Gasteiger partial charge on any atom is 0.257 e. The molecule has 0 saturated carbocycles. The molecule has 0 bridgehead atoms. The monoisotopic (exact) mass is 237 g/mol. The van der Waals surface area contributed by atoms with Crippen LogP contribution in [0.2, 0.25) is 5.02 Å². The molecule has 4 nitrogen and oxygen atoms in total. The molecule has 1 atom stereocenters. The van der Waals surface area contributed by atoms with Crippen molar-refractivity contribution >= 4 is 11.6 Å². The summed E-state index contributed by atoms with van der Waals surface area (Å²) < 4.78 is 5.15. The van der Waals surface area contributed by atoms with Crippen LogP contribution in [0.5, 0.6) is 0 Å². The van der Waals surface area contributed by atoms with Crippen molar-refractivity contribution in [3.05, 3.63) is 35.1 Å². The molecule has 84 valence electrons. The number of nitrogens with zero attached hydrogens (tertiary/aromatic N) is 2. The van der Waals surface area contributed by atoms with E-state index < -0.39 is 0 Å². The lowest BCUT2D eigenvalue weighted by Crippen LogP contribution is -2.10. The summed E-state index contributed by atoms with van der Waals surface area (Å²) in [7, 11) is 0. The highest BCUT2D eigenvalue weighted by atomic mass is 35.5. The summed E-state index contributed by atoms with van der Waals surface area (Å²) in [5.74, 6) is 1.19. The molecular formula is C11H12ClN3O. The van der Waals surface area contributed by atoms with Gasteiger partial charge in [0.2, 0.25) is 0 Å². The minimum atomic E-state index is 0.0942. The average molecular weight is 238 g/mol. The summed E-state index contributed by atoms with van der Waals surface area (Å²) >= 11 is 5.88. The van der Waals surface area contributed by atoms with Gasteiger partial charge in [0.05, 0.1) is 0 Å². The highest BCUT2D eigenvalue weighted by Gasteiger charge is 2.13. The molecule has 1 heterocycles. The number of hydrogen-bond donors (Lipinski definition) is 1. The first-order valence-electron chi connectivity index (χ1n) is 5.00. The summed E-state index contributed by atoms with van der Waals surface area (Å²) in [5, 5.41) is 4.53. The Bertz CT molecular complexity index is 484. The fourth-order valence-corrected chi connectivity index (χ4v) is 1.47. The maximum atomic E-state index is 5.88. The molecule has 0 amide bonds. The third-order valence-corrected chi connectivity index (χ3v) is 2.54. The molecule has 0 radical (unpaired) electrons. The van der Waals surface area contributed by atoms with Crippen molar-refractivity contribution in [2.45, 2.75) is 12.8 Å². The smallest absolute Gasteiger partial charge is 0.257 e. The molecule has 2 aromatic rings. The van der Waals surface area contributed by atoms with Crippen molar-refractivity contribution in [3.8, 4) is 11.5 Å². The average Bonchev–Trinajstić information content (AvgIpc) is 2.77. The second-order valence-corrected chi connectivity index (χ2v) is 4.04. The first-order chi connectivity index (χ1) is 7.70. The lowest BCUT2D eigenvalue weighted by atomic mass is 10.2. The number of halogens is 1. The van der Waals surface area contributed by atoms with Crippen molar-refractivity contribution in [3.63, 3.8) is 0 Å². The van der Waals surface area contributed by atoms with Crippen LogP contribution in [-0.2, 0) is 0 Å². The lowest BCUT2D eigenvalue weighted by Gasteiger charge is -1.99. The van der Waals surface area contributed by atoms with E-state index in [4.69, 9.17) is 21.9 Å². The van der Waals surface area contributed by atoms with Crippen LogP contribution < -0.4 is 5.73 Å². The van der Waals surface area contributed by atoms with E-state index in [0.717, 1.165) is 5.56 Å². The van der Waals surface area contributed by atoms with Gasteiger partial charge in [0.25, 0.3) is 5.89 Å². The van der Waals surface area contributed by atoms with Gasteiger partial charge in [-0.1, -0.05) is 29.7 Å². The van der Waals surface area contributed by atoms with Crippen molar-refractivity contribution < 1.29 is 4.52 Å². The first kappa shape index (κ1) is 11.1. The molecule has 1 unspecified atom stereocenters. The Morgan fingerprint density at radius 2 is 2.31 bits per heavy atom. The molecule has 1 aromatic heterocycles. The number of nitrogens with two attached hydrogens (primary N) is 1. The molecule has 1 aromatic carbocycles. The summed E-state index contributed by atoms with van der Waals surface area (Å²) in [4.78, 5) is 4.28. The molecule has 0 aliphatic rings. The van der Waals surface area contributed by atoms with E-state index in [0.29, 0.717) is 23.3 Å². The Kier molecular flexibility index (Phi) is 3.22. The number of benzene rings is 1. The van der Waals surface area contributed by atoms with Gasteiger partial charge in [0.15, 0.2) is 5.82 Å². The Labute approximate surface area is 98.4 Å². The van der Waals surface area contributed by atoms with Crippen LogP contribution in [0.15, 0.2) is 28.8 Å². The van der Waals surface area contributed by atoms with Crippen LogP contribution in [0.3, 0.4) is 0 Å². The molecular weight excluding hydrogens is 226 g/mol. The van der Waals surface area contributed by atoms with E-state index >= 15 is 0 Å². The lowest BCUT2D eigenvalue weighted by molar-refractivity contribution is 0.418. The summed E-state index contributed by atoms with van der Waals surface area (Å²) in [6.45, 7) is 2.45. The Morgan fingerprint density at radius 1 is 1.50 bits per heavy atom. The van der Waals surface area contributed by atoms with Crippen LogP contribution in [0.1, 0.15) is 18.7 Å². The Hall–Kier alpha value is -1.39. The summed E-state index contributed by atoms with van der Waals surface area (Å²) in [5.41, 5.74) is 6.35. The summed E-state index contributed by atoms with van der Waals surface area (Å²) in [6.07, 6.45) is 0. The van der Waals surface area contributed by atoms with Crippen LogP contribution in [0.4, 0.5) is 0 Å². The van der Waals surface area contributed by atoms with Crippen LogP contribution >= 0.6 is 11.6 Å². The summed E-state index contributed by atoms with van der Waals surface area (Å²) in [6, 6.07) is 7.29. The third kappa shape index (κ3) is 2.23. The molecule has 2 rings (SSSR count). The van der Waals surface area contributed by atoms with Crippen LogP contribution in [0, 0.1) is 0 Å². The van der Waals surface area contributed by atoms with Gasteiger partial charge < -0.3 is 10.3 Å². The number of hydrogen-bond acceptors (Lipinski definition) is 4. The van der Waals surface area contributed by atoms with Gasteiger partial charge in [-0.25, -0.2) is 0 Å². The van der Waals surface area contributed by atoms with Gasteiger partial charge in [-0.05, 0) is 18.2 Å². The van der Waals surface area contributed by atoms with E-state index in [1.54, 1.807) is 12.1 Å². The Morgan fingerprint density at radius 3 is 3.00 bits per heavy atom. The molecule has 16 heavy (non-hydrogen) atoms. The fraction of sp³-hybridized carbons (Fsp3) is 0.273. The normalized spacial score (nSPS) is 12.7. The largest absolute Gasteiger partial charge is 0.334 e. The quantitative estimate of drug-likeness (QED) is 0.891. The van der Waals surface area contributed by atoms with Crippen LogP contribution in [-0.4, -0.2) is 16.7 Å². The van der Waals surface area contributed by atoms with Crippen molar-refractivity contribution in [2.75, 3.05) is 6.54 Å². The van der Waals surface area contributed by atoms with Gasteiger partial charge in [-0.2, -0.15) is 4.98 Å². The molecule has 0 saturated heterocycles. The van der Waals surface area contributed by atoms with Crippen LogP contribution in [0.25, 0.3) is 11.5 Å². The van der Waals surface area contributed by atoms with Gasteiger partial charge in [-0.15, -0.1) is 0 Å². The molecule has 0 aliphatic heterocycles. The minimum Gasteiger partial charge on any atom is -0.334 e. The molecule has 2 N–H and O–H groups in total. The SMILES string of the molecule is CC(CN)c1noc(-c2cccc(Cl)c2)n1. The van der Waals surface area contributed by atoms with Crippen molar-refractivity contribution in [1.82, 2.24) is 10.1 Å². The standard InChI is InChI=1S/C11H12ClN3O/c1-7(6-13)10-14-11(16-15-10)8-3-2-4-9(12)5-8/h2-5,7H,6,13H2,1H3. The van der Waals surface area contributed by atoms with E-state index in [1.807, 2.05) is 19.1 Å². The van der Waals surface area contributed by atoms with E-state index in [1.165, 1.54) is 0 Å². The second-order valence-electron chi connectivity index (χ2n) is 3.60. The number of aromatic nitrogens is 2. The van der Waals surface area contributed by atoms with Gasteiger partial charge in [0.1, 0.15) is 0 Å². The van der Waals surface area contributed by atoms with Crippen molar-refractivity contribution in [2.24, 2.45) is 5.73 Å². The highest BCUT2D eigenvalue weighted by molar-refractivity contribution is 6.30. The van der Waals surface area contributed by atoms with Gasteiger partial charge in [0, 0.05) is 23.0 Å².